The summed E-state index contributed by atoms with van der Waals surface area (Å²) in [6, 6.07) is 47.0. The van der Waals surface area contributed by atoms with Crippen molar-refractivity contribution in [1.29, 1.82) is 5.26 Å². The predicted molar refractivity (Wildman–Crippen MR) is 177 cm³/mol. The molecule has 9 rings (SSSR count). The van der Waals surface area contributed by atoms with Crippen LogP contribution in [0.1, 0.15) is 5.56 Å². The molecule has 0 radical (unpaired) electrons. The van der Waals surface area contributed by atoms with Crippen LogP contribution in [0, 0.1) is 11.3 Å². The van der Waals surface area contributed by atoms with Gasteiger partial charge in [-0.15, -0.1) is 11.3 Å². The lowest BCUT2D eigenvalue weighted by atomic mass is 9.84. The normalized spacial score (nSPS) is 11.8. The van der Waals surface area contributed by atoms with Gasteiger partial charge in [0.25, 0.3) is 0 Å². The van der Waals surface area contributed by atoms with E-state index in [0.29, 0.717) is 5.56 Å². The third-order valence-electron chi connectivity index (χ3n) is 8.51. The molecule has 2 nitrogen and oxygen atoms in total. The Balaban J connectivity index is 1.54. The number of para-hydroxylation sites is 2. The molecular formula is C39H21NOS. The van der Waals surface area contributed by atoms with E-state index in [2.05, 4.69) is 109 Å². The Labute approximate surface area is 245 Å². The highest BCUT2D eigenvalue weighted by atomic mass is 32.1. The fraction of sp³-hybridized carbons (Fsp3) is 0. The van der Waals surface area contributed by atoms with E-state index < -0.39 is 0 Å². The summed E-state index contributed by atoms with van der Waals surface area (Å²) in [7, 11) is 0. The minimum absolute atomic E-state index is 0.650. The summed E-state index contributed by atoms with van der Waals surface area (Å²) in [6.07, 6.45) is 0. The van der Waals surface area contributed by atoms with Crippen molar-refractivity contribution in [3.8, 4) is 28.3 Å². The van der Waals surface area contributed by atoms with Gasteiger partial charge in [-0.2, -0.15) is 5.26 Å². The maximum atomic E-state index is 9.53. The van der Waals surface area contributed by atoms with Crippen molar-refractivity contribution < 1.29 is 4.42 Å². The fourth-order valence-corrected chi connectivity index (χ4v) is 7.95. The molecule has 0 fully saturated rings. The molecule has 2 heterocycles. The Bertz CT molecular complexity index is 2580. The van der Waals surface area contributed by atoms with Crippen LogP contribution in [0.2, 0.25) is 0 Å². The fourth-order valence-electron chi connectivity index (χ4n) is 6.69. The average Bonchev–Trinajstić information content (AvgIpc) is 3.63. The summed E-state index contributed by atoms with van der Waals surface area (Å²) in [5, 5.41) is 19.2. The van der Waals surface area contributed by atoms with Gasteiger partial charge in [0.15, 0.2) is 0 Å². The maximum absolute atomic E-state index is 9.53. The molecule has 194 valence electrons. The van der Waals surface area contributed by atoms with E-state index in [1.807, 2.05) is 35.6 Å². The van der Waals surface area contributed by atoms with Gasteiger partial charge in [0, 0.05) is 47.5 Å². The summed E-state index contributed by atoms with van der Waals surface area (Å²) >= 11 is 1.86. The molecule has 0 saturated heterocycles. The van der Waals surface area contributed by atoms with Crippen molar-refractivity contribution in [1.82, 2.24) is 0 Å². The van der Waals surface area contributed by atoms with Crippen molar-refractivity contribution in [3.63, 3.8) is 0 Å². The number of rotatable bonds is 2. The van der Waals surface area contributed by atoms with Crippen LogP contribution in [0.5, 0.6) is 0 Å². The Kier molecular flexibility index (Phi) is 4.87. The van der Waals surface area contributed by atoms with Crippen LogP contribution in [0.4, 0.5) is 0 Å². The Hall–Kier alpha value is -5.43. The zero-order chi connectivity index (χ0) is 27.8. The second-order valence-corrected chi connectivity index (χ2v) is 11.8. The monoisotopic (exact) mass is 551 g/mol. The van der Waals surface area contributed by atoms with E-state index in [0.717, 1.165) is 44.2 Å². The van der Waals surface area contributed by atoms with Gasteiger partial charge in [0.1, 0.15) is 11.2 Å². The zero-order valence-corrected chi connectivity index (χ0v) is 23.2. The molecule has 0 aliphatic rings. The van der Waals surface area contributed by atoms with Gasteiger partial charge in [0.2, 0.25) is 0 Å². The number of nitrogens with zero attached hydrogens (tertiary/aromatic N) is 1. The van der Waals surface area contributed by atoms with Crippen molar-refractivity contribution in [3.05, 3.63) is 133 Å². The summed E-state index contributed by atoms with van der Waals surface area (Å²) in [5.74, 6) is 0. The van der Waals surface area contributed by atoms with Gasteiger partial charge in [0.05, 0.1) is 11.6 Å². The second kappa shape index (κ2) is 8.78. The highest BCUT2D eigenvalue weighted by molar-refractivity contribution is 7.26. The molecule has 0 unspecified atom stereocenters. The van der Waals surface area contributed by atoms with E-state index in [9.17, 15) is 5.26 Å². The van der Waals surface area contributed by atoms with Gasteiger partial charge < -0.3 is 4.42 Å². The smallest absolute Gasteiger partial charge is 0.143 e. The van der Waals surface area contributed by atoms with Crippen molar-refractivity contribution in [2.45, 2.75) is 0 Å². The molecule has 42 heavy (non-hydrogen) atoms. The highest BCUT2D eigenvalue weighted by Crippen LogP contribution is 2.50. The van der Waals surface area contributed by atoms with Crippen LogP contribution in [-0.2, 0) is 0 Å². The molecule has 0 saturated carbocycles. The largest absolute Gasteiger partial charge is 0.455 e. The molecule has 0 bridgehead atoms. The van der Waals surface area contributed by atoms with E-state index in [-0.39, 0.29) is 0 Å². The lowest BCUT2D eigenvalue weighted by Gasteiger charge is -2.19. The second-order valence-electron chi connectivity index (χ2n) is 10.7. The molecule has 3 heteroatoms. The maximum Gasteiger partial charge on any atom is 0.143 e. The average molecular weight is 552 g/mol. The number of hydrogen-bond acceptors (Lipinski definition) is 3. The molecule has 0 N–H and O–H groups in total. The number of fused-ring (bicyclic) bond motifs is 10. The summed E-state index contributed by atoms with van der Waals surface area (Å²) in [6.45, 7) is 0. The number of thiophene rings is 1. The predicted octanol–water partition coefficient (Wildman–Crippen LogP) is 11.5. The first-order chi connectivity index (χ1) is 20.8. The van der Waals surface area contributed by atoms with E-state index in [1.165, 1.54) is 41.7 Å². The number of nitriles is 1. The van der Waals surface area contributed by atoms with Crippen LogP contribution in [0.15, 0.2) is 132 Å². The van der Waals surface area contributed by atoms with E-state index >= 15 is 0 Å². The SMILES string of the molecule is N#Cc1ccc(-c2c(-c3cccc4c3oc3ccccc34)c3ccc4c5ccccc5sc4c3c3ccccc23)cc1. The summed E-state index contributed by atoms with van der Waals surface area (Å²) < 4.78 is 9.21. The van der Waals surface area contributed by atoms with Gasteiger partial charge >= 0.3 is 0 Å². The van der Waals surface area contributed by atoms with Gasteiger partial charge in [-0.05, 0) is 51.6 Å². The zero-order valence-electron chi connectivity index (χ0n) is 22.4. The number of furan rings is 1. The first-order valence-corrected chi connectivity index (χ1v) is 14.8. The molecule has 9 aromatic rings. The number of hydrogen-bond donors (Lipinski definition) is 0. The Morgan fingerprint density at radius 1 is 0.524 bits per heavy atom. The third kappa shape index (κ3) is 3.19. The van der Waals surface area contributed by atoms with E-state index in [4.69, 9.17) is 4.42 Å². The van der Waals surface area contributed by atoms with Crippen molar-refractivity contribution in [2.75, 3.05) is 0 Å². The molecular weight excluding hydrogens is 531 g/mol. The lowest BCUT2D eigenvalue weighted by molar-refractivity contribution is 0.670. The molecule has 0 aliphatic carbocycles. The van der Waals surface area contributed by atoms with Crippen LogP contribution in [0.3, 0.4) is 0 Å². The van der Waals surface area contributed by atoms with Crippen LogP contribution in [0.25, 0.3) is 85.9 Å². The molecule has 2 aromatic heterocycles. The van der Waals surface area contributed by atoms with Crippen LogP contribution < -0.4 is 0 Å². The Morgan fingerprint density at radius 3 is 2.05 bits per heavy atom. The highest BCUT2D eigenvalue weighted by Gasteiger charge is 2.23. The molecule has 0 amide bonds. The van der Waals surface area contributed by atoms with E-state index in [1.54, 1.807) is 0 Å². The minimum Gasteiger partial charge on any atom is -0.455 e. The number of benzene rings is 7. The lowest BCUT2D eigenvalue weighted by Crippen LogP contribution is -1.92. The Morgan fingerprint density at radius 2 is 1.21 bits per heavy atom. The standard InChI is InChI=1S/C39H21NOS/c40-22-23-16-18-24(19-17-23)35-27-10-1-2-11-28(27)37-31(21-20-30-26-9-4-6-15-34(26)42-39(30)37)36(35)32-13-7-12-29-25-8-3-5-14-33(25)41-38(29)32/h1-21H. The first kappa shape index (κ1) is 23.3. The summed E-state index contributed by atoms with van der Waals surface area (Å²) in [4.78, 5) is 0. The van der Waals surface area contributed by atoms with Crippen LogP contribution >= 0.6 is 11.3 Å². The van der Waals surface area contributed by atoms with Gasteiger partial charge in [-0.3, -0.25) is 0 Å². The summed E-state index contributed by atoms with van der Waals surface area (Å²) in [5.41, 5.74) is 6.87. The van der Waals surface area contributed by atoms with Gasteiger partial charge in [-0.25, -0.2) is 0 Å². The van der Waals surface area contributed by atoms with Crippen LogP contribution in [-0.4, -0.2) is 0 Å². The topological polar surface area (TPSA) is 36.9 Å². The van der Waals surface area contributed by atoms with Gasteiger partial charge in [-0.1, -0.05) is 103 Å². The molecule has 0 aliphatic heterocycles. The van der Waals surface area contributed by atoms with Crippen molar-refractivity contribution >= 4 is 75.0 Å². The molecule has 0 spiro atoms. The minimum atomic E-state index is 0.650. The molecule has 7 aromatic carbocycles. The third-order valence-corrected chi connectivity index (χ3v) is 9.71. The first-order valence-electron chi connectivity index (χ1n) is 14.0. The molecule has 0 atom stereocenters. The quantitative estimate of drug-likeness (QED) is 0.200. The van der Waals surface area contributed by atoms with Crippen molar-refractivity contribution in [2.24, 2.45) is 0 Å².